The van der Waals surface area contributed by atoms with Crippen molar-refractivity contribution in [1.29, 1.82) is 0 Å². The van der Waals surface area contributed by atoms with E-state index in [9.17, 15) is 0 Å². The molecule has 1 aromatic carbocycles. The number of hydrazone groups is 1. The Morgan fingerprint density at radius 1 is 1.23 bits per heavy atom. The first kappa shape index (κ1) is 15.1. The number of rotatable bonds is 3. The molecule has 6 heteroatoms. The molecule has 0 spiro atoms. The maximum Gasteiger partial charge on any atom is 0.158 e. The standard InChI is InChI=1S/C16H15BrN4S/c1-9-11(3)22-16-14(9)15(18-8-19-16)21-20-10(2)12-6-4-5-7-13(12)17/h4-8H,1-3H3,(H,18,19,21)/b20-10-. The first-order chi connectivity index (χ1) is 10.6. The Bertz CT molecular complexity index is 870. The van der Waals surface area contributed by atoms with E-state index in [1.54, 1.807) is 17.7 Å². The zero-order valence-corrected chi connectivity index (χ0v) is 14.9. The molecule has 0 amide bonds. The van der Waals surface area contributed by atoms with Crippen LogP contribution >= 0.6 is 27.3 Å². The van der Waals surface area contributed by atoms with Gasteiger partial charge in [0.15, 0.2) is 5.82 Å². The third-order valence-corrected chi connectivity index (χ3v) is 5.37. The number of hydrogen-bond acceptors (Lipinski definition) is 5. The van der Waals surface area contributed by atoms with Gasteiger partial charge in [0.05, 0.1) is 11.1 Å². The third-order valence-electron chi connectivity index (χ3n) is 3.56. The molecule has 0 aliphatic rings. The lowest BCUT2D eigenvalue weighted by atomic mass is 10.1. The van der Waals surface area contributed by atoms with E-state index >= 15 is 0 Å². The average Bonchev–Trinajstić information content (AvgIpc) is 2.81. The molecule has 0 aliphatic heterocycles. The zero-order chi connectivity index (χ0) is 15.7. The van der Waals surface area contributed by atoms with Crippen LogP contribution in [0.15, 0.2) is 40.2 Å². The van der Waals surface area contributed by atoms with Gasteiger partial charge in [-0.3, -0.25) is 5.43 Å². The van der Waals surface area contributed by atoms with Crippen molar-refractivity contribution in [2.24, 2.45) is 5.10 Å². The zero-order valence-electron chi connectivity index (χ0n) is 12.5. The van der Waals surface area contributed by atoms with E-state index in [1.807, 2.05) is 31.2 Å². The summed E-state index contributed by atoms with van der Waals surface area (Å²) in [6.07, 6.45) is 1.57. The van der Waals surface area contributed by atoms with Gasteiger partial charge < -0.3 is 0 Å². The van der Waals surface area contributed by atoms with Gasteiger partial charge >= 0.3 is 0 Å². The van der Waals surface area contributed by atoms with Crippen molar-refractivity contribution in [2.45, 2.75) is 20.8 Å². The van der Waals surface area contributed by atoms with Gasteiger partial charge in [0, 0.05) is 14.9 Å². The van der Waals surface area contributed by atoms with Crippen LogP contribution in [0.2, 0.25) is 0 Å². The molecule has 112 valence electrons. The molecule has 2 aromatic heterocycles. The van der Waals surface area contributed by atoms with Crippen LogP contribution in [-0.2, 0) is 0 Å². The molecule has 0 radical (unpaired) electrons. The third kappa shape index (κ3) is 2.76. The van der Waals surface area contributed by atoms with Crippen molar-refractivity contribution in [3.63, 3.8) is 0 Å². The van der Waals surface area contributed by atoms with Gasteiger partial charge in [-0.2, -0.15) is 5.10 Å². The van der Waals surface area contributed by atoms with E-state index < -0.39 is 0 Å². The van der Waals surface area contributed by atoms with E-state index in [0.29, 0.717) is 0 Å². The number of hydrogen-bond donors (Lipinski definition) is 1. The summed E-state index contributed by atoms with van der Waals surface area (Å²) in [6.45, 7) is 6.16. The van der Waals surface area contributed by atoms with E-state index in [2.05, 4.69) is 50.3 Å². The highest BCUT2D eigenvalue weighted by molar-refractivity contribution is 9.10. The minimum absolute atomic E-state index is 0.748. The van der Waals surface area contributed by atoms with Gasteiger partial charge in [0.1, 0.15) is 11.2 Å². The Kier molecular flexibility index (Phi) is 4.22. The number of anilines is 1. The Balaban J connectivity index is 1.97. The summed E-state index contributed by atoms with van der Waals surface area (Å²) in [6, 6.07) is 8.01. The molecule has 1 N–H and O–H groups in total. The van der Waals surface area contributed by atoms with Crippen LogP contribution in [0, 0.1) is 13.8 Å². The molecular weight excluding hydrogens is 360 g/mol. The van der Waals surface area contributed by atoms with Crippen molar-refractivity contribution in [3.8, 4) is 0 Å². The molecule has 4 nitrogen and oxygen atoms in total. The van der Waals surface area contributed by atoms with Crippen LogP contribution in [-0.4, -0.2) is 15.7 Å². The molecule has 3 rings (SSSR count). The maximum absolute atomic E-state index is 4.48. The van der Waals surface area contributed by atoms with Crippen LogP contribution in [0.1, 0.15) is 22.9 Å². The van der Waals surface area contributed by atoms with Crippen molar-refractivity contribution in [3.05, 3.63) is 51.1 Å². The fourth-order valence-electron chi connectivity index (χ4n) is 2.22. The second kappa shape index (κ2) is 6.14. The summed E-state index contributed by atoms with van der Waals surface area (Å²) in [4.78, 5) is 10.9. The van der Waals surface area contributed by atoms with Gasteiger partial charge in [0.25, 0.3) is 0 Å². The highest BCUT2D eigenvalue weighted by atomic mass is 79.9. The largest absolute Gasteiger partial charge is 0.260 e. The SMILES string of the molecule is C/C(=N/Nc1ncnc2sc(C)c(C)c12)c1ccccc1Br. The Morgan fingerprint density at radius 2 is 2.00 bits per heavy atom. The Morgan fingerprint density at radius 3 is 2.77 bits per heavy atom. The smallest absolute Gasteiger partial charge is 0.158 e. The van der Waals surface area contributed by atoms with Gasteiger partial charge in [-0.05, 0) is 32.4 Å². The second-order valence-corrected chi connectivity index (χ2v) is 7.03. The summed E-state index contributed by atoms with van der Waals surface area (Å²) < 4.78 is 1.02. The number of aromatic nitrogens is 2. The predicted octanol–water partition coefficient (Wildman–Crippen LogP) is 4.91. The minimum Gasteiger partial charge on any atom is -0.260 e. The van der Waals surface area contributed by atoms with Crippen LogP contribution < -0.4 is 5.43 Å². The molecule has 0 unspecified atom stereocenters. The fourth-order valence-corrected chi connectivity index (χ4v) is 3.79. The molecule has 0 atom stereocenters. The molecule has 0 bridgehead atoms. The number of thiophene rings is 1. The predicted molar refractivity (Wildman–Crippen MR) is 96.9 cm³/mol. The van der Waals surface area contributed by atoms with E-state index in [4.69, 9.17) is 0 Å². The van der Waals surface area contributed by atoms with Crippen molar-refractivity contribution in [1.82, 2.24) is 9.97 Å². The van der Waals surface area contributed by atoms with Crippen LogP contribution in [0.25, 0.3) is 10.2 Å². The quantitative estimate of drug-likeness (QED) is 0.523. The lowest BCUT2D eigenvalue weighted by Gasteiger charge is -2.06. The van der Waals surface area contributed by atoms with E-state index in [1.165, 1.54) is 10.4 Å². The lowest BCUT2D eigenvalue weighted by molar-refractivity contribution is 1.18. The molecule has 0 aliphatic carbocycles. The Labute approximate surface area is 141 Å². The Hall–Kier alpha value is -1.79. The van der Waals surface area contributed by atoms with Gasteiger partial charge in [-0.25, -0.2) is 9.97 Å². The fraction of sp³-hybridized carbons (Fsp3) is 0.188. The first-order valence-corrected chi connectivity index (χ1v) is 8.44. The molecule has 0 saturated heterocycles. The molecule has 2 heterocycles. The molecule has 0 saturated carbocycles. The second-order valence-electron chi connectivity index (χ2n) is 4.97. The van der Waals surface area contributed by atoms with Crippen molar-refractivity contribution >= 4 is 49.0 Å². The number of benzene rings is 1. The highest BCUT2D eigenvalue weighted by Gasteiger charge is 2.11. The normalized spacial score (nSPS) is 11.9. The van der Waals surface area contributed by atoms with Crippen LogP contribution in [0.3, 0.4) is 0 Å². The monoisotopic (exact) mass is 374 g/mol. The van der Waals surface area contributed by atoms with Crippen LogP contribution in [0.5, 0.6) is 0 Å². The minimum atomic E-state index is 0.748. The molecular formula is C16H15BrN4S. The molecule has 3 aromatic rings. The van der Waals surface area contributed by atoms with Gasteiger partial charge in [-0.15, -0.1) is 11.3 Å². The summed E-state index contributed by atoms with van der Waals surface area (Å²) in [5.41, 5.74) is 6.24. The van der Waals surface area contributed by atoms with Crippen molar-refractivity contribution in [2.75, 3.05) is 5.43 Å². The van der Waals surface area contributed by atoms with Gasteiger partial charge in [-0.1, -0.05) is 34.1 Å². The average molecular weight is 375 g/mol. The maximum atomic E-state index is 4.48. The van der Waals surface area contributed by atoms with Gasteiger partial charge in [0.2, 0.25) is 0 Å². The van der Waals surface area contributed by atoms with Crippen molar-refractivity contribution < 1.29 is 0 Å². The molecule has 22 heavy (non-hydrogen) atoms. The summed E-state index contributed by atoms with van der Waals surface area (Å²) in [7, 11) is 0. The number of nitrogens with zero attached hydrogens (tertiary/aromatic N) is 3. The summed E-state index contributed by atoms with van der Waals surface area (Å²) in [5, 5.41) is 5.53. The topological polar surface area (TPSA) is 50.2 Å². The highest BCUT2D eigenvalue weighted by Crippen LogP contribution is 2.32. The summed E-state index contributed by atoms with van der Waals surface area (Å²) in [5.74, 6) is 0.748. The lowest BCUT2D eigenvalue weighted by Crippen LogP contribution is -2.02. The number of halogens is 1. The number of nitrogens with one attached hydrogen (secondary N) is 1. The summed E-state index contributed by atoms with van der Waals surface area (Å²) >= 11 is 5.22. The van der Waals surface area contributed by atoms with Crippen LogP contribution in [0.4, 0.5) is 5.82 Å². The first-order valence-electron chi connectivity index (χ1n) is 6.84. The molecule has 0 fully saturated rings. The number of aryl methyl sites for hydroxylation is 2. The number of fused-ring (bicyclic) bond motifs is 1. The van der Waals surface area contributed by atoms with E-state index in [0.717, 1.165) is 31.8 Å². The van der Waals surface area contributed by atoms with E-state index in [-0.39, 0.29) is 0 Å².